The first kappa shape index (κ1) is 87.6. The maximum Gasteiger partial charge on any atom is 0.323 e. The second kappa shape index (κ2) is 38.1. The molecule has 127 heavy (non-hydrogen) atoms. The molecule has 1 saturated carbocycles. The minimum absolute atomic E-state index is 0.0356. The molecule has 1 saturated heterocycles. The molecule has 648 valence electrons. The van der Waals surface area contributed by atoms with Crippen LogP contribution in [0, 0.1) is 18.8 Å². The topological polar surface area (TPSA) is 402 Å². The zero-order chi connectivity index (χ0) is 89.2. The van der Waals surface area contributed by atoms with Crippen molar-refractivity contribution < 1.29 is 33.6 Å². The molecular weight excluding hydrogens is 1590 g/mol. The van der Waals surface area contributed by atoms with Crippen LogP contribution in [0.4, 0.5) is 23.8 Å². The van der Waals surface area contributed by atoms with Crippen LogP contribution in [0.25, 0.3) is 88.7 Å². The quantitative estimate of drug-likeness (QED) is 0.0184. The van der Waals surface area contributed by atoms with Crippen LogP contribution in [0.1, 0.15) is 148 Å². The van der Waals surface area contributed by atoms with E-state index in [0.717, 1.165) is 149 Å². The molecule has 12 N–H and O–H groups in total. The number of benzene rings is 5. The number of carbonyl (C=O) groups is 2. The Balaban J connectivity index is 0.000000131. The van der Waals surface area contributed by atoms with E-state index in [9.17, 15) is 14.7 Å². The largest absolute Gasteiger partial charge is 0.488 e. The molecule has 2 fully saturated rings. The molecule has 12 heterocycles. The summed E-state index contributed by atoms with van der Waals surface area (Å²) in [6.07, 6.45) is 31.0. The Morgan fingerprint density at radius 3 is 1.69 bits per heavy atom. The number of fused-ring (bicyclic) bond motifs is 3. The number of anilines is 4. The van der Waals surface area contributed by atoms with E-state index < -0.39 is 11.4 Å². The van der Waals surface area contributed by atoms with E-state index in [1.54, 1.807) is 74.6 Å². The number of ketones is 1. The molecule has 4 atom stereocenters. The number of carbonyl (C=O) groups excluding carboxylic acids is 1. The predicted molar refractivity (Wildman–Crippen MR) is 497 cm³/mol. The molecule has 1 aliphatic carbocycles. The van der Waals surface area contributed by atoms with Crippen molar-refractivity contribution in [2.45, 2.75) is 128 Å². The number of hydrogen-bond donors (Lipinski definition) is 8. The van der Waals surface area contributed by atoms with Gasteiger partial charge in [-0.1, -0.05) is 132 Å². The third-order valence-corrected chi connectivity index (χ3v) is 25.3. The van der Waals surface area contributed by atoms with Crippen molar-refractivity contribution in [1.29, 1.82) is 0 Å². The Morgan fingerprint density at radius 1 is 0.567 bits per heavy atom. The van der Waals surface area contributed by atoms with Gasteiger partial charge in [-0.3, -0.25) is 24.7 Å². The standard InChI is InChI=1S/C27H30N4O2.C27H28N4O2.C23H25N7.C23H23N5O3/c1-17(2)27(3,20-6-4-18(5-7-20)19-13-30-26(28)31-14-19)24-15-29-25-12-21(8-9-23(24)25)33-22-10-11-32-16-22;1-33-14-3-7-24(32)22-6-2-5-21-23(17-29-25(21)22)27(12-4-13-27)20-10-8-18(9-11-20)19-15-30-26(28)31-16-19;1-14(2)23(4,21-9-20(29-30-21)16-6-5-15(3)25-10-16)18-7-8-19(26-13-18)17-11-27-22(24)28-12-17;1-23(14-31-2,17-7-5-15(6-8-17)16-10-26-22(24)27-11-16)19-12-28(13-20(29)30)21-18(19)4-3-9-25-21/h4-9,12-15,17,22,29H,10-11,16H2,1-3H3,(H2,28,30,31);2,5-6,8-11,15-17,29H,3-4,7,12-14H2,1H3,(H2,28,30,31);5-14H,1-4H3,(H,29,30)(H2,24,27,28);3-12H,13-14H2,1-2H3,(H,29,30)(H2,24,26,27). The summed E-state index contributed by atoms with van der Waals surface area (Å²) in [6.45, 7) is 19.8. The molecule has 4 unspecified atom stereocenters. The van der Waals surface area contributed by atoms with Gasteiger partial charge < -0.3 is 61.5 Å². The number of aromatic amines is 3. The van der Waals surface area contributed by atoms with Gasteiger partial charge in [0.1, 0.15) is 24.0 Å². The lowest BCUT2D eigenvalue weighted by molar-refractivity contribution is -0.137. The zero-order valence-electron chi connectivity index (χ0n) is 73.0. The van der Waals surface area contributed by atoms with Crippen molar-refractivity contribution in [3.63, 3.8) is 0 Å². The van der Waals surface area contributed by atoms with Gasteiger partial charge in [0, 0.05) is 215 Å². The molecular formula is C100H106N20O7. The SMILES string of the molecule is CC(C)C(C)(c1ccc(-c2cnc(N)nc2)cc1)c1c[nH]c2cc(OC3CCOC3)ccc12.COCC(C)(c1ccc(-c2cnc(N)nc2)cc1)c1cn(CC(=O)O)c2ncccc12.COCCCC(=O)c1cccc2c(C3(c4ccc(-c5cnc(N)nc5)cc4)CCC3)c[nH]c12.Cc1ccc(-c2cc(C(C)(c3ccc(-c4cnc(N)nc4)nc3)C(C)C)[nH]n2)cn1. The number of rotatable bonds is 26. The van der Waals surface area contributed by atoms with E-state index in [-0.39, 0.29) is 58.5 Å². The Morgan fingerprint density at radius 2 is 1.15 bits per heavy atom. The lowest BCUT2D eigenvalue weighted by Crippen LogP contribution is -2.35. The molecule has 27 nitrogen and oxygen atoms in total. The number of nitrogens with one attached hydrogen (secondary N) is 3. The highest BCUT2D eigenvalue weighted by molar-refractivity contribution is 6.08. The van der Waals surface area contributed by atoms with Gasteiger partial charge in [-0.15, -0.1) is 0 Å². The van der Waals surface area contributed by atoms with Crippen molar-refractivity contribution >= 4 is 68.4 Å². The van der Waals surface area contributed by atoms with E-state index in [2.05, 4.69) is 221 Å². The first-order chi connectivity index (χ1) is 61.4. The van der Waals surface area contributed by atoms with E-state index in [0.29, 0.717) is 43.7 Å². The number of nitrogen functional groups attached to an aromatic ring is 4. The molecule has 0 radical (unpaired) electrons. The lowest BCUT2D eigenvalue weighted by Gasteiger charge is -2.43. The second-order valence-electron chi connectivity index (χ2n) is 33.7. The van der Waals surface area contributed by atoms with Crippen LogP contribution in [0.2, 0.25) is 0 Å². The molecule has 2 aliphatic rings. The fourth-order valence-corrected chi connectivity index (χ4v) is 17.2. The Bertz CT molecular complexity index is 6430. The van der Waals surface area contributed by atoms with Crippen LogP contribution in [0.3, 0.4) is 0 Å². The van der Waals surface area contributed by atoms with E-state index >= 15 is 0 Å². The van der Waals surface area contributed by atoms with Gasteiger partial charge in [-0.05, 0) is 162 Å². The summed E-state index contributed by atoms with van der Waals surface area (Å²) in [5, 5.41) is 20.4. The minimum atomic E-state index is -0.919. The molecule has 11 aromatic heterocycles. The number of nitrogens with zero attached hydrogens (tertiary/aromatic N) is 13. The summed E-state index contributed by atoms with van der Waals surface area (Å²) < 4.78 is 23.9. The van der Waals surface area contributed by atoms with Crippen LogP contribution in [0.5, 0.6) is 5.75 Å². The molecule has 0 bridgehead atoms. The van der Waals surface area contributed by atoms with Gasteiger partial charge >= 0.3 is 5.97 Å². The van der Waals surface area contributed by atoms with E-state index in [1.165, 1.54) is 34.1 Å². The molecule has 1 aliphatic heterocycles. The fourth-order valence-electron chi connectivity index (χ4n) is 17.2. The van der Waals surface area contributed by atoms with Crippen molar-refractivity contribution in [2.24, 2.45) is 11.8 Å². The van der Waals surface area contributed by atoms with Crippen LogP contribution < -0.4 is 27.7 Å². The minimum Gasteiger partial charge on any atom is -0.488 e. The first-order valence-corrected chi connectivity index (χ1v) is 42.6. The normalized spacial score (nSPS) is 14.9. The van der Waals surface area contributed by atoms with E-state index in [1.807, 2.05) is 92.2 Å². The number of para-hydroxylation sites is 1. The highest BCUT2D eigenvalue weighted by atomic mass is 16.5. The third kappa shape index (κ3) is 18.6. The number of aliphatic carboxylic acids is 1. The van der Waals surface area contributed by atoms with Crippen molar-refractivity contribution in [1.82, 2.24) is 79.6 Å². The van der Waals surface area contributed by atoms with Gasteiger partial charge in [0.25, 0.3) is 0 Å². The molecule has 18 rings (SSSR count). The highest BCUT2D eigenvalue weighted by Crippen LogP contribution is 2.52. The smallest absolute Gasteiger partial charge is 0.323 e. The Kier molecular flexibility index (Phi) is 26.2. The fraction of sp³-hybridized carbons (Fsp3) is 0.280. The highest BCUT2D eigenvalue weighted by Gasteiger charge is 2.43. The number of carboxylic acids is 1. The summed E-state index contributed by atoms with van der Waals surface area (Å²) in [5.74, 6) is 1.87. The van der Waals surface area contributed by atoms with Crippen LogP contribution in [-0.4, -0.2) is 143 Å². The monoisotopic (exact) mass is 1700 g/mol. The van der Waals surface area contributed by atoms with Gasteiger partial charge in [-0.25, -0.2) is 44.9 Å². The van der Waals surface area contributed by atoms with E-state index in [4.69, 9.17) is 41.9 Å². The zero-order valence-corrected chi connectivity index (χ0v) is 73.0. The number of nitrogens with two attached hydrogens (primary N) is 4. The number of aryl methyl sites for hydroxylation is 1. The summed E-state index contributed by atoms with van der Waals surface area (Å²) >= 11 is 0. The Labute approximate surface area is 737 Å². The average Bonchev–Trinajstić information content (AvgIpc) is 1.65. The second-order valence-corrected chi connectivity index (χ2v) is 33.7. The number of ether oxygens (including phenoxy) is 4. The van der Waals surface area contributed by atoms with Crippen molar-refractivity contribution in [2.75, 3.05) is 63.6 Å². The number of H-pyrrole nitrogens is 3. The van der Waals surface area contributed by atoms with Gasteiger partial charge in [0.05, 0.1) is 36.7 Å². The summed E-state index contributed by atoms with van der Waals surface area (Å²) in [6, 6.07) is 51.9. The number of aromatic nitrogens is 16. The van der Waals surface area contributed by atoms with Gasteiger partial charge in [-0.2, -0.15) is 5.10 Å². The molecule has 16 aromatic rings. The number of carboxylic acid groups (broad SMARTS) is 1. The molecule has 0 amide bonds. The maximum absolute atomic E-state index is 12.8. The number of methoxy groups -OCH3 is 2. The molecule has 0 spiro atoms. The predicted octanol–water partition coefficient (Wildman–Crippen LogP) is 17.9. The Hall–Kier alpha value is -14.3. The van der Waals surface area contributed by atoms with Crippen LogP contribution >= 0.6 is 0 Å². The van der Waals surface area contributed by atoms with Gasteiger partial charge in [0.15, 0.2) is 5.78 Å². The van der Waals surface area contributed by atoms with Crippen molar-refractivity contribution in [3.05, 3.63) is 294 Å². The molecule has 5 aromatic carbocycles. The van der Waals surface area contributed by atoms with Crippen LogP contribution in [-0.2, 0) is 47.2 Å². The average molecular weight is 1700 g/mol. The number of hydrogen-bond acceptors (Lipinski definition) is 22. The maximum atomic E-state index is 12.8. The summed E-state index contributed by atoms with van der Waals surface area (Å²) in [7, 11) is 3.32. The number of Topliss-reactive ketones (excluding diaryl/α,β-unsaturated/α-hetero) is 1. The molecule has 27 heteroatoms. The lowest BCUT2D eigenvalue weighted by atomic mass is 9.60. The summed E-state index contributed by atoms with van der Waals surface area (Å²) in [4.78, 5) is 77.2. The first-order valence-electron chi connectivity index (χ1n) is 42.6. The third-order valence-electron chi connectivity index (χ3n) is 25.3. The van der Waals surface area contributed by atoms with Crippen LogP contribution in [0.15, 0.2) is 238 Å². The van der Waals surface area contributed by atoms with Gasteiger partial charge in [0.2, 0.25) is 23.8 Å². The summed E-state index contributed by atoms with van der Waals surface area (Å²) in [5.41, 5.74) is 44.5. The number of pyridine rings is 3. The van der Waals surface area contributed by atoms with Crippen molar-refractivity contribution in [3.8, 4) is 61.6 Å².